The van der Waals surface area contributed by atoms with Crippen LogP contribution in [0.3, 0.4) is 0 Å². The number of carbonyl (C=O) groups is 1. The van der Waals surface area contributed by atoms with Gasteiger partial charge in [-0.05, 0) is 47.5 Å². The van der Waals surface area contributed by atoms with E-state index < -0.39 is 11.6 Å². The molecule has 4 nitrogen and oxygen atoms in total. The Hall–Kier alpha value is -3.65. The highest BCUT2D eigenvalue weighted by molar-refractivity contribution is 7.13. The average molecular weight is 454 g/mol. The molecule has 32 heavy (non-hydrogen) atoms. The molecule has 0 spiro atoms. The van der Waals surface area contributed by atoms with Gasteiger partial charge in [0.25, 0.3) is 5.91 Å². The second-order valence-electron chi connectivity index (χ2n) is 6.91. The maximum Gasteiger partial charge on any atom is 0.271 e. The summed E-state index contributed by atoms with van der Waals surface area (Å²) in [6.45, 7) is 0.220. The Balaban J connectivity index is 1.45. The maximum atomic E-state index is 13.4. The van der Waals surface area contributed by atoms with Crippen molar-refractivity contribution in [2.45, 2.75) is 13.2 Å². The zero-order chi connectivity index (χ0) is 22.5. The van der Waals surface area contributed by atoms with E-state index in [9.17, 15) is 18.0 Å². The summed E-state index contributed by atoms with van der Waals surface area (Å²) in [5.74, 6) is -1.57. The number of nitrogens with zero attached hydrogens (tertiary/aromatic N) is 1. The number of hydrogen-bond donors (Lipinski definition) is 1. The molecular formula is C24H17F3N2O2S. The van der Waals surface area contributed by atoms with Crippen LogP contribution in [0.15, 0.2) is 72.1 Å². The van der Waals surface area contributed by atoms with E-state index in [0.717, 1.165) is 11.6 Å². The third-order valence-electron chi connectivity index (χ3n) is 4.54. The number of nitrogens with one attached hydrogen (secondary N) is 1. The van der Waals surface area contributed by atoms with E-state index in [-0.39, 0.29) is 30.6 Å². The molecule has 1 heterocycles. The number of carbonyl (C=O) groups excluding carboxylic acids is 1. The number of benzene rings is 3. The first-order valence-electron chi connectivity index (χ1n) is 9.63. The van der Waals surface area contributed by atoms with Gasteiger partial charge in [-0.15, -0.1) is 11.3 Å². The molecule has 162 valence electrons. The molecule has 0 radical (unpaired) electrons. The van der Waals surface area contributed by atoms with Gasteiger partial charge in [0, 0.05) is 18.0 Å². The van der Waals surface area contributed by atoms with Crippen molar-refractivity contribution in [3.8, 4) is 16.3 Å². The molecule has 0 aliphatic heterocycles. The quantitative estimate of drug-likeness (QED) is 0.388. The van der Waals surface area contributed by atoms with Crippen LogP contribution in [-0.2, 0) is 13.2 Å². The smallest absolute Gasteiger partial charge is 0.271 e. The van der Waals surface area contributed by atoms with Crippen LogP contribution in [0.4, 0.5) is 13.2 Å². The van der Waals surface area contributed by atoms with Gasteiger partial charge in [0.05, 0.1) is 5.56 Å². The van der Waals surface area contributed by atoms with Gasteiger partial charge >= 0.3 is 0 Å². The summed E-state index contributed by atoms with van der Waals surface area (Å²) < 4.78 is 45.6. The molecule has 4 rings (SSSR count). The van der Waals surface area contributed by atoms with Crippen LogP contribution < -0.4 is 10.1 Å². The first-order valence-corrected chi connectivity index (χ1v) is 10.5. The monoisotopic (exact) mass is 454 g/mol. The summed E-state index contributed by atoms with van der Waals surface area (Å²) in [6, 6.07) is 16.2. The third kappa shape index (κ3) is 5.33. The predicted molar refractivity (Wildman–Crippen MR) is 116 cm³/mol. The van der Waals surface area contributed by atoms with E-state index in [1.165, 1.54) is 35.6 Å². The summed E-state index contributed by atoms with van der Waals surface area (Å²) in [4.78, 5) is 16.8. The van der Waals surface area contributed by atoms with E-state index in [0.29, 0.717) is 21.9 Å². The standard InChI is InChI=1S/C24H17F3N2O2S/c25-17-7-5-15(6-8-17)12-28-23(30)21-14-32-24(29-21)20-3-1-2-4-22(20)31-13-16-9-18(26)11-19(27)10-16/h1-11,14H,12-13H2,(H,28,30). The van der Waals surface area contributed by atoms with Gasteiger partial charge in [0.15, 0.2) is 0 Å². The number of ether oxygens (including phenoxy) is 1. The molecule has 0 unspecified atom stereocenters. The normalized spacial score (nSPS) is 10.7. The fraction of sp³-hybridized carbons (Fsp3) is 0.0833. The van der Waals surface area contributed by atoms with Crippen molar-refractivity contribution in [2.24, 2.45) is 0 Å². The van der Waals surface area contributed by atoms with Crippen molar-refractivity contribution >= 4 is 17.2 Å². The molecular weight excluding hydrogens is 437 g/mol. The van der Waals surface area contributed by atoms with Crippen molar-refractivity contribution in [1.29, 1.82) is 0 Å². The molecule has 0 fully saturated rings. The number of aromatic nitrogens is 1. The highest BCUT2D eigenvalue weighted by Crippen LogP contribution is 2.32. The highest BCUT2D eigenvalue weighted by atomic mass is 32.1. The Labute approximate surface area is 186 Å². The number of amides is 1. The van der Waals surface area contributed by atoms with Crippen LogP contribution in [0.5, 0.6) is 5.75 Å². The number of halogens is 3. The minimum absolute atomic E-state index is 0.0257. The van der Waals surface area contributed by atoms with Crippen LogP contribution in [0, 0.1) is 17.5 Å². The van der Waals surface area contributed by atoms with E-state index in [1.54, 1.807) is 41.8 Å². The Morgan fingerprint density at radius 2 is 1.62 bits per heavy atom. The maximum absolute atomic E-state index is 13.4. The van der Waals surface area contributed by atoms with Crippen molar-refractivity contribution in [2.75, 3.05) is 0 Å². The predicted octanol–water partition coefficient (Wildman–Crippen LogP) is 5.74. The van der Waals surface area contributed by atoms with Gasteiger partial charge in [-0.3, -0.25) is 4.79 Å². The number of hydrogen-bond acceptors (Lipinski definition) is 4. The molecule has 0 saturated heterocycles. The average Bonchev–Trinajstić information content (AvgIpc) is 3.27. The Morgan fingerprint density at radius 3 is 2.38 bits per heavy atom. The van der Waals surface area contributed by atoms with E-state index in [1.807, 2.05) is 0 Å². The molecule has 1 amide bonds. The van der Waals surface area contributed by atoms with Gasteiger partial charge in [-0.25, -0.2) is 18.2 Å². The highest BCUT2D eigenvalue weighted by Gasteiger charge is 2.15. The lowest BCUT2D eigenvalue weighted by Gasteiger charge is -2.10. The van der Waals surface area contributed by atoms with Crippen molar-refractivity contribution in [3.63, 3.8) is 0 Å². The minimum Gasteiger partial charge on any atom is -0.488 e. The summed E-state index contributed by atoms with van der Waals surface area (Å²) in [5.41, 5.74) is 2.03. The SMILES string of the molecule is O=C(NCc1ccc(F)cc1)c1csc(-c2ccccc2OCc2cc(F)cc(F)c2)n1. The molecule has 1 N–H and O–H groups in total. The topological polar surface area (TPSA) is 51.2 Å². The molecule has 0 bridgehead atoms. The molecule has 0 atom stereocenters. The minimum atomic E-state index is -0.673. The first-order chi connectivity index (χ1) is 15.5. The van der Waals surface area contributed by atoms with E-state index >= 15 is 0 Å². The zero-order valence-corrected chi connectivity index (χ0v) is 17.5. The lowest BCUT2D eigenvalue weighted by Crippen LogP contribution is -2.23. The van der Waals surface area contributed by atoms with Gasteiger partial charge in [-0.1, -0.05) is 24.3 Å². The Kier molecular flexibility index (Phi) is 6.51. The second-order valence-corrected chi connectivity index (χ2v) is 7.77. The number of rotatable bonds is 7. The van der Waals surface area contributed by atoms with Crippen LogP contribution in [-0.4, -0.2) is 10.9 Å². The van der Waals surface area contributed by atoms with Crippen LogP contribution in [0.1, 0.15) is 21.6 Å². The number of thiazole rings is 1. The zero-order valence-electron chi connectivity index (χ0n) is 16.6. The molecule has 1 aromatic heterocycles. The third-order valence-corrected chi connectivity index (χ3v) is 5.41. The fourth-order valence-corrected chi connectivity index (χ4v) is 3.83. The van der Waals surface area contributed by atoms with E-state index in [4.69, 9.17) is 4.74 Å². The molecule has 0 aliphatic carbocycles. The Bertz CT molecular complexity index is 1220. The molecule has 3 aromatic carbocycles. The largest absolute Gasteiger partial charge is 0.488 e. The number of para-hydroxylation sites is 1. The first kappa shape index (κ1) is 21.6. The lowest BCUT2D eigenvalue weighted by molar-refractivity contribution is 0.0946. The summed E-state index contributed by atoms with van der Waals surface area (Å²) in [5, 5.41) is 4.95. The molecule has 0 saturated carbocycles. The van der Waals surface area contributed by atoms with Gasteiger partial charge in [-0.2, -0.15) is 0 Å². The van der Waals surface area contributed by atoms with Crippen molar-refractivity contribution < 1.29 is 22.7 Å². The fourth-order valence-electron chi connectivity index (χ4n) is 3.00. The van der Waals surface area contributed by atoms with Gasteiger partial charge < -0.3 is 10.1 Å². The van der Waals surface area contributed by atoms with Crippen LogP contribution >= 0.6 is 11.3 Å². The summed E-state index contributed by atoms with van der Waals surface area (Å²) in [6.07, 6.45) is 0. The second kappa shape index (κ2) is 9.65. The van der Waals surface area contributed by atoms with Crippen molar-refractivity contribution in [3.05, 3.63) is 106 Å². The molecule has 4 aromatic rings. The van der Waals surface area contributed by atoms with Crippen LogP contribution in [0.25, 0.3) is 10.6 Å². The van der Waals surface area contributed by atoms with Gasteiger partial charge in [0.1, 0.15) is 40.5 Å². The lowest BCUT2D eigenvalue weighted by atomic mass is 10.2. The molecule has 0 aliphatic rings. The van der Waals surface area contributed by atoms with Crippen LogP contribution in [0.2, 0.25) is 0 Å². The van der Waals surface area contributed by atoms with Crippen molar-refractivity contribution in [1.82, 2.24) is 10.3 Å². The molecule has 8 heteroatoms. The van der Waals surface area contributed by atoms with E-state index in [2.05, 4.69) is 10.3 Å². The van der Waals surface area contributed by atoms with Gasteiger partial charge in [0.2, 0.25) is 0 Å². The summed E-state index contributed by atoms with van der Waals surface area (Å²) in [7, 11) is 0. The summed E-state index contributed by atoms with van der Waals surface area (Å²) >= 11 is 1.27. The Morgan fingerprint density at radius 1 is 0.906 bits per heavy atom.